The van der Waals surface area contributed by atoms with Gasteiger partial charge in [-0.1, -0.05) is 18.5 Å². The molecule has 26 heavy (non-hydrogen) atoms. The van der Waals surface area contributed by atoms with Gasteiger partial charge in [0.15, 0.2) is 11.6 Å². The Hall–Kier alpha value is -2.66. The van der Waals surface area contributed by atoms with Gasteiger partial charge in [0.25, 0.3) is 0 Å². The molecular formula is C20H17ClFN3O. The summed E-state index contributed by atoms with van der Waals surface area (Å²) in [5, 5.41) is 8.48. The Morgan fingerprint density at radius 3 is 2.50 bits per heavy atom. The van der Waals surface area contributed by atoms with Crippen LogP contribution in [0, 0.1) is 11.7 Å². The van der Waals surface area contributed by atoms with Crippen LogP contribution in [0.1, 0.15) is 29.4 Å². The molecule has 0 amide bonds. The fourth-order valence-electron chi connectivity index (χ4n) is 3.31. The summed E-state index contributed by atoms with van der Waals surface area (Å²) in [5.41, 5.74) is 3.00. The van der Waals surface area contributed by atoms with Gasteiger partial charge in [-0.25, -0.2) is 9.07 Å². The standard InChI is InChI=1S/C20H17ClFN3O/c1-12-10-17-19(18(26)11-12)20(23-15-6-2-13(21)3-7-15)24-25(17)16-8-4-14(22)5-9-16/h2-9,12H,10-11H2,1H3,(H,23,24). The van der Waals surface area contributed by atoms with E-state index in [1.54, 1.807) is 28.9 Å². The number of anilines is 2. The van der Waals surface area contributed by atoms with E-state index in [1.165, 1.54) is 12.1 Å². The minimum atomic E-state index is -0.307. The van der Waals surface area contributed by atoms with Crippen molar-refractivity contribution in [3.8, 4) is 5.69 Å². The molecule has 0 saturated carbocycles. The zero-order valence-electron chi connectivity index (χ0n) is 14.2. The highest BCUT2D eigenvalue weighted by atomic mass is 35.5. The van der Waals surface area contributed by atoms with Gasteiger partial charge in [-0.15, -0.1) is 5.10 Å². The van der Waals surface area contributed by atoms with Gasteiger partial charge >= 0.3 is 0 Å². The quantitative estimate of drug-likeness (QED) is 0.692. The van der Waals surface area contributed by atoms with Crippen LogP contribution in [0.2, 0.25) is 5.02 Å². The molecule has 0 saturated heterocycles. The van der Waals surface area contributed by atoms with Crippen molar-refractivity contribution in [3.05, 3.63) is 70.6 Å². The van der Waals surface area contributed by atoms with E-state index in [4.69, 9.17) is 11.6 Å². The van der Waals surface area contributed by atoms with Crippen LogP contribution in [0.5, 0.6) is 0 Å². The van der Waals surface area contributed by atoms with Crippen LogP contribution < -0.4 is 5.32 Å². The number of halogens is 2. The second kappa shape index (κ2) is 6.57. The molecule has 0 fully saturated rings. The van der Waals surface area contributed by atoms with Gasteiger partial charge in [-0.05, 0) is 60.9 Å². The topological polar surface area (TPSA) is 46.9 Å². The third kappa shape index (κ3) is 3.10. The van der Waals surface area contributed by atoms with Gasteiger partial charge in [-0.3, -0.25) is 4.79 Å². The van der Waals surface area contributed by atoms with Gasteiger partial charge < -0.3 is 5.32 Å². The molecule has 0 spiro atoms. The molecule has 4 rings (SSSR count). The van der Waals surface area contributed by atoms with Gasteiger partial charge in [0, 0.05) is 17.1 Å². The Balaban J connectivity index is 1.81. The van der Waals surface area contributed by atoms with E-state index in [2.05, 4.69) is 17.3 Å². The average molecular weight is 370 g/mol. The third-order valence-electron chi connectivity index (χ3n) is 4.51. The van der Waals surface area contributed by atoms with E-state index >= 15 is 0 Å². The van der Waals surface area contributed by atoms with Crippen molar-refractivity contribution in [3.63, 3.8) is 0 Å². The molecule has 1 atom stereocenters. The van der Waals surface area contributed by atoms with Crippen LogP contribution in [-0.2, 0) is 6.42 Å². The molecule has 1 N–H and O–H groups in total. The van der Waals surface area contributed by atoms with E-state index in [1.807, 2.05) is 12.1 Å². The molecule has 1 unspecified atom stereocenters. The maximum Gasteiger partial charge on any atom is 0.168 e. The highest BCUT2D eigenvalue weighted by molar-refractivity contribution is 6.30. The van der Waals surface area contributed by atoms with Crippen molar-refractivity contribution in [1.82, 2.24) is 9.78 Å². The van der Waals surface area contributed by atoms with Crippen molar-refractivity contribution in [2.75, 3.05) is 5.32 Å². The minimum Gasteiger partial charge on any atom is -0.338 e. The number of fused-ring (bicyclic) bond motifs is 1. The second-order valence-electron chi connectivity index (χ2n) is 6.63. The van der Waals surface area contributed by atoms with E-state index in [0.717, 1.165) is 23.5 Å². The summed E-state index contributed by atoms with van der Waals surface area (Å²) in [6, 6.07) is 13.3. The maximum absolute atomic E-state index is 13.3. The molecule has 0 radical (unpaired) electrons. The van der Waals surface area contributed by atoms with Crippen molar-refractivity contribution >= 4 is 28.9 Å². The summed E-state index contributed by atoms with van der Waals surface area (Å²) in [6.07, 6.45) is 1.24. The van der Waals surface area contributed by atoms with E-state index in [-0.39, 0.29) is 17.5 Å². The zero-order chi connectivity index (χ0) is 18.3. The normalized spacial score (nSPS) is 16.4. The van der Waals surface area contributed by atoms with Crippen molar-refractivity contribution in [2.45, 2.75) is 19.8 Å². The summed E-state index contributed by atoms with van der Waals surface area (Å²) in [7, 11) is 0. The van der Waals surface area contributed by atoms with Crippen LogP contribution >= 0.6 is 11.6 Å². The van der Waals surface area contributed by atoms with E-state index in [0.29, 0.717) is 22.8 Å². The highest BCUT2D eigenvalue weighted by Gasteiger charge is 2.31. The second-order valence-corrected chi connectivity index (χ2v) is 7.06. The molecule has 1 heterocycles. The van der Waals surface area contributed by atoms with Crippen molar-refractivity contribution in [1.29, 1.82) is 0 Å². The van der Waals surface area contributed by atoms with Gasteiger partial charge in [-0.2, -0.15) is 0 Å². The number of aromatic nitrogens is 2. The average Bonchev–Trinajstić information content (AvgIpc) is 2.96. The third-order valence-corrected chi connectivity index (χ3v) is 4.77. The summed E-state index contributed by atoms with van der Waals surface area (Å²) >= 11 is 5.93. The maximum atomic E-state index is 13.3. The fraction of sp³-hybridized carbons (Fsp3) is 0.200. The monoisotopic (exact) mass is 369 g/mol. The van der Waals surface area contributed by atoms with Crippen LogP contribution in [0.4, 0.5) is 15.9 Å². The fourth-order valence-corrected chi connectivity index (χ4v) is 3.43. The lowest BCUT2D eigenvalue weighted by Gasteiger charge is -2.19. The molecule has 4 nitrogen and oxygen atoms in total. The number of nitrogens with one attached hydrogen (secondary N) is 1. The van der Waals surface area contributed by atoms with Crippen molar-refractivity contribution in [2.24, 2.45) is 5.92 Å². The predicted octanol–water partition coefficient (Wildman–Crippen LogP) is 5.17. The lowest BCUT2D eigenvalue weighted by molar-refractivity contribution is 0.0953. The Morgan fingerprint density at radius 1 is 1.12 bits per heavy atom. The molecule has 1 aromatic heterocycles. The number of nitrogens with zero attached hydrogens (tertiary/aromatic N) is 2. The summed E-state index contributed by atoms with van der Waals surface area (Å²) < 4.78 is 15.0. The number of ketones is 1. The van der Waals surface area contributed by atoms with Gasteiger partial charge in [0.05, 0.1) is 16.9 Å². The predicted molar refractivity (Wildman–Crippen MR) is 100 cm³/mol. The summed E-state index contributed by atoms with van der Waals surface area (Å²) in [6.45, 7) is 2.05. The van der Waals surface area contributed by atoms with E-state index in [9.17, 15) is 9.18 Å². The Kier molecular flexibility index (Phi) is 4.24. The van der Waals surface area contributed by atoms with Gasteiger partial charge in [0.2, 0.25) is 0 Å². The Bertz CT molecular complexity index is 964. The number of Topliss-reactive ketones (excluding diaryl/α,β-unsaturated/α-hetero) is 1. The Labute approximate surface area is 155 Å². The molecule has 1 aliphatic rings. The number of rotatable bonds is 3. The highest BCUT2D eigenvalue weighted by Crippen LogP contribution is 2.34. The molecule has 3 aromatic rings. The number of hydrogen-bond donors (Lipinski definition) is 1. The molecule has 132 valence electrons. The first kappa shape index (κ1) is 16.8. The first-order valence-corrected chi connectivity index (χ1v) is 8.82. The smallest absolute Gasteiger partial charge is 0.168 e. The SMILES string of the molecule is CC1CC(=O)c2c(Nc3ccc(Cl)cc3)nn(-c3ccc(F)cc3)c2C1. The zero-order valence-corrected chi connectivity index (χ0v) is 14.9. The van der Waals surface area contributed by atoms with Crippen molar-refractivity contribution < 1.29 is 9.18 Å². The largest absolute Gasteiger partial charge is 0.338 e. The molecule has 0 bridgehead atoms. The van der Waals surface area contributed by atoms with Crippen LogP contribution in [0.25, 0.3) is 5.69 Å². The molecule has 2 aromatic carbocycles. The Morgan fingerprint density at radius 2 is 1.81 bits per heavy atom. The van der Waals surface area contributed by atoms with Crippen LogP contribution in [0.15, 0.2) is 48.5 Å². The summed E-state index contributed by atoms with van der Waals surface area (Å²) in [5.74, 6) is 0.528. The van der Waals surface area contributed by atoms with Crippen LogP contribution in [-0.4, -0.2) is 15.6 Å². The lowest BCUT2D eigenvalue weighted by atomic mass is 9.87. The molecular weight excluding hydrogens is 353 g/mol. The lowest BCUT2D eigenvalue weighted by Crippen LogP contribution is -2.19. The first-order chi connectivity index (χ1) is 12.5. The van der Waals surface area contributed by atoms with Gasteiger partial charge in [0.1, 0.15) is 5.82 Å². The number of carbonyl (C=O) groups is 1. The summed E-state index contributed by atoms with van der Waals surface area (Å²) in [4.78, 5) is 12.7. The molecule has 6 heteroatoms. The first-order valence-electron chi connectivity index (χ1n) is 8.45. The number of hydrogen-bond acceptors (Lipinski definition) is 3. The number of carbonyl (C=O) groups excluding carboxylic acids is 1. The minimum absolute atomic E-state index is 0.0728. The molecule has 1 aliphatic carbocycles. The van der Waals surface area contributed by atoms with E-state index < -0.39 is 0 Å². The number of benzene rings is 2. The van der Waals surface area contributed by atoms with Crippen LogP contribution in [0.3, 0.4) is 0 Å². The molecule has 0 aliphatic heterocycles.